The highest BCUT2D eigenvalue weighted by Gasteiger charge is 2.18. The quantitative estimate of drug-likeness (QED) is 0.398. The number of rotatable bonds is 6. The molecule has 3 heterocycles. The first kappa shape index (κ1) is 21.8. The maximum Gasteiger partial charge on any atom is 0.253 e. The van der Waals surface area contributed by atoms with Crippen LogP contribution in [0.15, 0.2) is 70.1 Å². The van der Waals surface area contributed by atoms with Crippen LogP contribution in [0.4, 0.5) is 5.69 Å². The molecule has 2 aromatic heterocycles. The minimum Gasteiger partial charge on any atom is -0.497 e. The number of thiocarbonyl (C=S) groups is 1. The number of nitrogens with one attached hydrogen (secondary N) is 2. The number of benzene rings is 2. The zero-order chi connectivity index (χ0) is 23.5. The first-order valence-corrected chi connectivity index (χ1v) is 11.2. The third kappa shape index (κ3) is 4.69. The van der Waals surface area contributed by atoms with Gasteiger partial charge in [-0.3, -0.25) is 4.79 Å². The minimum absolute atomic E-state index is 0.196. The second-order valence-corrected chi connectivity index (χ2v) is 8.19. The molecule has 174 valence electrons. The van der Waals surface area contributed by atoms with Crippen molar-refractivity contribution in [3.05, 3.63) is 82.5 Å². The molecular weight excluding hydrogens is 454 g/mol. The fourth-order valence-electron chi connectivity index (χ4n) is 3.80. The molecule has 0 bridgehead atoms. The average molecular weight is 478 g/mol. The Balaban J connectivity index is 1.44. The number of fused-ring (bicyclic) bond motifs is 2. The van der Waals surface area contributed by atoms with Crippen molar-refractivity contribution in [2.75, 3.05) is 25.6 Å². The van der Waals surface area contributed by atoms with Gasteiger partial charge in [0.05, 0.1) is 32.0 Å². The number of anilines is 1. The number of aromatic amines is 1. The van der Waals surface area contributed by atoms with E-state index in [0.29, 0.717) is 53.2 Å². The van der Waals surface area contributed by atoms with E-state index in [0.717, 1.165) is 16.8 Å². The van der Waals surface area contributed by atoms with Crippen molar-refractivity contribution >= 4 is 33.9 Å². The Morgan fingerprint density at radius 3 is 2.68 bits per heavy atom. The number of furan rings is 1. The topological polar surface area (TPSA) is 89.0 Å². The third-order valence-electron chi connectivity index (χ3n) is 5.48. The van der Waals surface area contributed by atoms with E-state index in [9.17, 15) is 4.79 Å². The van der Waals surface area contributed by atoms with Gasteiger partial charge in [0.1, 0.15) is 24.7 Å². The Kier molecular flexibility index (Phi) is 6.09. The second-order valence-electron chi connectivity index (χ2n) is 7.80. The first-order valence-electron chi connectivity index (χ1n) is 10.8. The number of ether oxygens (including phenoxy) is 3. The molecule has 0 aliphatic carbocycles. The number of H-pyrrole nitrogens is 1. The molecule has 0 radical (unpaired) electrons. The number of methoxy groups -OCH3 is 1. The van der Waals surface area contributed by atoms with Crippen molar-refractivity contribution in [1.29, 1.82) is 0 Å². The number of aromatic nitrogens is 1. The Labute approximate surface area is 201 Å². The number of nitrogens with zero attached hydrogens (tertiary/aromatic N) is 1. The van der Waals surface area contributed by atoms with Crippen LogP contribution in [-0.4, -0.2) is 35.3 Å². The second kappa shape index (κ2) is 9.48. The smallest absolute Gasteiger partial charge is 0.253 e. The van der Waals surface area contributed by atoms with E-state index in [1.165, 1.54) is 0 Å². The van der Waals surface area contributed by atoms with Gasteiger partial charge >= 0.3 is 0 Å². The van der Waals surface area contributed by atoms with Gasteiger partial charge in [0.15, 0.2) is 16.6 Å². The zero-order valence-electron chi connectivity index (χ0n) is 18.5. The Morgan fingerprint density at radius 2 is 1.91 bits per heavy atom. The van der Waals surface area contributed by atoms with Crippen LogP contribution in [0.2, 0.25) is 0 Å². The molecule has 0 fully saturated rings. The van der Waals surface area contributed by atoms with E-state index in [2.05, 4.69) is 10.3 Å². The van der Waals surface area contributed by atoms with Gasteiger partial charge in [-0.2, -0.15) is 0 Å². The summed E-state index contributed by atoms with van der Waals surface area (Å²) in [5.74, 6) is 2.74. The van der Waals surface area contributed by atoms with Crippen molar-refractivity contribution in [3.63, 3.8) is 0 Å². The summed E-state index contributed by atoms with van der Waals surface area (Å²) in [4.78, 5) is 17.8. The van der Waals surface area contributed by atoms with Gasteiger partial charge < -0.3 is 33.8 Å². The molecule has 9 heteroatoms. The summed E-state index contributed by atoms with van der Waals surface area (Å²) in [5.41, 5.74) is 1.83. The van der Waals surface area contributed by atoms with Crippen LogP contribution in [0.1, 0.15) is 11.3 Å². The normalized spacial score (nSPS) is 12.4. The fraction of sp³-hybridized carbons (Fsp3) is 0.200. The van der Waals surface area contributed by atoms with Gasteiger partial charge in [0.2, 0.25) is 0 Å². The van der Waals surface area contributed by atoms with Gasteiger partial charge in [-0.25, -0.2) is 0 Å². The zero-order valence-corrected chi connectivity index (χ0v) is 19.3. The van der Waals surface area contributed by atoms with Crippen molar-refractivity contribution in [3.8, 4) is 17.2 Å². The van der Waals surface area contributed by atoms with Crippen LogP contribution in [-0.2, 0) is 13.1 Å². The molecule has 5 rings (SSSR count). The fourth-order valence-corrected chi connectivity index (χ4v) is 4.05. The van der Waals surface area contributed by atoms with Crippen LogP contribution < -0.4 is 25.1 Å². The molecule has 34 heavy (non-hydrogen) atoms. The monoisotopic (exact) mass is 477 g/mol. The Hall–Kier alpha value is -3.98. The lowest BCUT2D eigenvalue weighted by molar-refractivity contribution is 0.172. The molecule has 1 aliphatic rings. The summed E-state index contributed by atoms with van der Waals surface area (Å²) in [6.45, 7) is 1.65. The Bertz CT molecular complexity index is 1380. The standard InChI is InChI=1S/C25H23N3O5S/c1-30-19-5-2-4-18(12-19)26-25(34)28(15-20-6-3-7-31-20)14-17-10-16-11-22-23(33-9-8-32-22)13-21(16)27-24(17)29/h2-7,10-13H,8-9,14-15H2,1H3,(H,26,34)(H,27,29). The summed E-state index contributed by atoms with van der Waals surface area (Å²) in [7, 11) is 1.61. The Morgan fingerprint density at radius 1 is 1.09 bits per heavy atom. The lowest BCUT2D eigenvalue weighted by Gasteiger charge is -2.25. The number of hydrogen-bond acceptors (Lipinski definition) is 6. The molecule has 8 nitrogen and oxygen atoms in total. The maximum absolute atomic E-state index is 12.9. The predicted molar refractivity (Wildman–Crippen MR) is 133 cm³/mol. The van der Waals surface area contributed by atoms with E-state index >= 15 is 0 Å². The van der Waals surface area contributed by atoms with Gasteiger partial charge in [-0.1, -0.05) is 6.07 Å². The third-order valence-corrected chi connectivity index (χ3v) is 5.84. The molecule has 0 amide bonds. The highest BCUT2D eigenvalue weighted by atomic mass is 32.1. The highest BCUT2D eigenvalue weighted by Crippen LogP contribution is 2.33. The SMILES string of the molecule is COc1cccc(NC(=S)N(Cc2ccco2)Cc2cc3cc4c(cc3[nH]c2=O)OCCO4)c1. The number of pyridine rings is 1. The predicted octanol–water partition coefficient (Wildman–Crippen LogP) is 4.30. The van der Waals surface area contributed by atoms with Crippen LogP contribution in [0.3, 0.4) is 0 Å². The molecule has 0 unspecified atom stereocenters. The highest BCUT2D eigenvalue weighted by molar-refractivity contribution is 7.80. The van der Waals surface area contributed by atoms with Crippen LogP contribution >= 0.6 is 12.2 Å². The van der Waals surface area contributed by atoms with Crippen molar-refractivity contribution < 1.29 is 18.6 Å². The molecule has 1 aliphatic heterocycles. The lowest BCUT2D eigenvalue weighted by Crippen LogP contribution is -2.35. The van der Waals surface area contributed by atoms with Crippen LogP contribution in [0.25, 0.3) is 10.9 Å². The molecule has 2 aromatic carbocycles. The van der Waals surface area contributed by atoms with Crippen LogP contribution in [0.5, 0.6) is 17.2 Å². The van der Waals surface area contributed by atoms with E-state index in [1.807, 2.05) is 53.4 Å². The van der Waals surface area contributed by atoms with Crippen molar-refractivity contribution in [2.45, 2.75) is 13.1 Å². The summed E-state index contributed by atoms with van der Waals surface area (Å²) in [5, 5.41) is 4.53. The number of hydrogen-bond donors (Lipinski definition) is 2. The summed E-state index contributed by atoms with van der Waals surface area (Å²) in [6.07, 6.45) is 1.61. The maximum atomic E-state index is 12.9. The molecule has 0 spiro atoms. The van der Waals surface area contributed by atoms with Crippen molar-refractivity contribution in [1.82, 2.24) is 9.88 Å². The molecular formula is C25H23N3O5S. The molecule has 0 saturated heterocycles. The van der Waals surface area contributed by atoms with Gasteiger partial charge in [-0.15, -0.1) is 0 Å². The molecule has 0 saturated carbocycles. The lowest BCUT2D eigenvalue weighted by atomic mass is 10.1. The summed E-state index contributed by atoms with van der Waals surface area (Å²) in [6, 6.07) is 16.7. The van der Waals surface area contributed by atoms with Crippen LogP contribution in [0, 0.1) is 0 Å². The molecule has 2 N–H and O–H groups in total. The summed E-state index contributed by atoms with van der Waals surface area (Å²) < 4.78 is 22.2. The largest absolute Gasteiger partial charge is 0.497 e. The average Bonchev–Trinajstić information content (AvgIpc) is 3.36. The first-order chi connectivity index (χ1) is 16.6. The van der Waals surface area contributed by atoms with E-state index in [4.69, 9.17) is 30.8 Å². The van der Waals surface area contributed by atoms with E-state index in [-0.39, 0.29) is 12.1 Å². The molecule has 0 atom stereocenters. The van der Waals surface area contributed by atoms with E-state index < -0.39 is 0 Å². The van der Waals surface area contributed by atoms with Gasteiger partial charge in [0.25, 0.3) is 5.56 Å². The molecule has 4 aromatic rings. The minimum atomic E-state index is -0.196. The van der Waals surface area contributed by atoms with Crippen molar-refractivity contribution in [2.24, 2.45) is 0 Å². The summed E-state index contributed by atoms with van der Waals surface area (Å²) >= 11 is 5.71. The van der Waals surface area contributed by atoms with Gasteiger partial charge in [0, 0.05) is 28.8 Å². The van der Waals surface area contributed by atoms with E-state index in [1.54, 1.807) is 19.4 Å². The van der Waals surface area contributed by atoms with Gasteiger partial charge in [-0.05, 0) is 48.6 Å².